The maximum atomic E-state index is 12.8. The molecule has 1 saturated carbocycles. The van der Waals surface area contributed by atoms with Gasteiger partial charge in [0.05, 0.1) is 11.6 Å². The van der Waals surface area contributed by atoms with Gasteiger partial charge in [0.2, 0.25) is 5.91 Å². The van der Waals surface area contributed by atoms with Gasteiger partial charge in [-0.1, -0.05) is 49.6 Å². The summed E-state index contributed by atoms with van der Waals surface area (Å²) in [5.41, 5.74) is 5.91. The molecule has 6 heteroatoms. The Morgan fingerprint density at radius 1 is 1.10 bits per heavy atom. The highest BCUT2D eigenvalue weighted by Gasteiger charge is 2.37. The van der Waals surface area contributed by atoms with Crippen molar-refractivity contribution in [3.8, 4) is 5.75 Å². The second-order valence-corrected chi connectivity index (χ2v) is 8.47. The van der Waals surface area contributed by atoms with E-state index in [0.29, 0.717) is 24.3 Å². The van der Waals surface area contributed by atoms with Crippen LogP contribution in [-0.2, 0) is 4.79 Å². The van der Waals surface area contributed by atoms with Crippen molar-refractivity contribution >= 4 is 22.6 Å². The maximum Gasteiger partial charge on any atom is 0.255 e. The molecule has 2 atom stereocenters. The number of phenols is 1. The first kappa shape index (κ1) is 19.7. The van der Waals surface area contributed by atoms with Gasteiger partial charge in [-0.3, -0.25) is 14.5 Å². The summed E-state index contributed by atoms with van der Waals surface area (Å²) in [6, 6.07) is 10.4. The molecule has 1 heterocycles. The van der Waals surface area contributed by atoms with E-state index in [1.54, 1.807) is 12.1 Å². The largest absolute Gasteiger partial charge is 0.506 e. The van der Waals surface area contributed by atoms with Gasteiger partial charge >= 0.3 is 0 Å². The Bertz CT molecular complexity index is 907. The summed E-state index contributed by atoms with van der Waals surface area (Å²) < 4.78 is 0. The van der Waals surface area contributed by atoms with E-state index in [-0.39, 0.29) is 35.2 Å². The van der Waals surface area contributed by atoms with Crippen molar-refractivity contribution in [3.05, 3.63) is 42.0 Å². The summed E-state index contributed by atoms with van der Waals surface area (Å²) in [6.07, 6.45) is 6.71. The van der Waals surface area contributed by atoms with Crippen molar-refractivity contribution in [2.75, 3.05) is 13.1 Å². The molecule has 2 fully saturated rings. The topological polar surface area (TPSA) is 95.7 Å². The number of amides is 2. The molecule has 2 aliphatic rings. The highest BCUT2D eigenvalue weighted by atomic mass is 16.3. The maximum absolute atomic E-state index is 12.8. The van der Waals surface area contributed by atoms with E-state index in [1.165, 1.54) is 32.1 Å². The number of rotatable bonds is 5. The zero-order valence-corrected chi connectivity index (χ0v) is 16.6. The average Bonchev–Trinajstić information content (AvgIpc) is 3.11. The molecular formula is C23H29N3O3. The minimum Gasteiger partial charge on any atom is -0.506 e. The van der Waals surface area contributed by atoms with E-state index in [2.05, 4.69) is 10.2 Å². The van der Waals surface area contributed by atoms with Gasteiger partial charge in [-0.05, 0) is 36.6 Å². The number of hydrogen-bond acceptors (Lipinski definition) is 4. The van der Waals surface area contributed by atoms with Crippen LogP contribution >= 0.6 is 0 Å². The first-order chi connectivity index (χ1) is 14.0. The number of benzene rings is 2. The summed E-state index contributed by atoms with van der Waals surface area (Å²) >= 11 is 0. The van der Waals surface area contributed by atoms with Crippen LogP contribution in [-0.4, -0.2) is 47.0 Å². The van der Waals surface area contributed by atoms with Gasteiger partial charge in [0, 0.05) is 24.5 Å². The second-order valence-electron chi connectivity index (χ2n) is 8.47. The summed E-state index contributed by atoms with van der Waals surface area (Å²) in [6.45, 7) is 1.48. The monoisotopic (exact) mass is 395 g/mol. The number of nitrogens with zero attached hydrogens (tertiary/aromatic N) is 1. The van der Waals surface area contributed by atoms with Gasteiger partial charge in [0.25, 0.3) is 5.91 Å². The van der Waals surface area contributed by atoms with Crippen molar-refractivity contribution in [1.82, 2.24) is 10.2 Å². The van der Waals surface area contributed by atoms with E-state index < -0.39 is 0 Å². The molecule has 2 aromatic carbocycles. The van der Waals surface area contributed by atoms with Crippen LogP contribution in [0.2, 0.25) is 0 Å². The van der Waals surface area contributed by atoms with E-state index in [0.717, 1.165) is 11.9 Å². The Kier molecular flexibility index (Phi) is 5.72. The Labute approximate surface area is 171 Å². The molecule has 0 bridgehead atoms. The summed E-state index contributed by atoms with van der Waals surface area (Å²) in [5, 5.41) is 15.1. The third kappa shape index (κ3) is 4.22. The van der Waals surface area contributed by atoms with E-state index in [9.17, 15) is 14.7 Å². The lowest BCUT2D eigenvalue weighted by Crippen LogP contribution is -2.43. The number of hydrogen-bond donors (Lipinski definition) is 3. The fraction of sp³-hybridized carbons (Fsp3) is 0.478. The van der Waals surface area contributed by atoms with Crippen molar-refractivity contribution in [1.29, 1.82) is 0 Å². The molecular weight excluding hydrogens is 366 g/mol. The Morgan fingerprint density at radius 3 is 2.62 bits per heavy atom. The number of phenolic OH excluding ortho intramolecular Hbond substituents is 1. The van der Waals surface area contributed by atoms with Crippen LogP contribution in [0.3, 0.4) is 0 Å². The summed E-state index contributed by atoms with van der Waals surface area (Å²) in [5.74, 6) is -0.0548. The first-order valence-electron chi connectivity index (χ1n) is 10.6. The molecule has 1 aliphatic carbocycles. The van der Waals surface area contributed by atoms with Gasteiger partial charge in [0.1, 0.15) is 5.75 Å². The average molecular weight is 396 g/mol. The van der Waals surface area contributed by atoms with Gasteiger partial charge in [-0.25, -0.2) is 0 Å². The van der Waals surface area contributed by atoms with Crippen molar-refractivity contribution in [3.63, 3.8) is 0 Å². The molecule has 2 aromatic rings. The van der Waals surface area contributed by atoms with E-state index in [1.807, 2.05) is 24.3 Å². The van der Waals surface area contributed by atoms with E-state index in [4.69, 9.17) is 5.73 Å². The molecule has 1 aliphatic heterocycles. The minimum absolute atomic E-state index is 0.0101. The lowest BCUT2D eigenvalue weighted by atomic mass is 9.89. The lowest BCUT2D eigenvalue weighted by molar-refractivity contribution is -0.122. The number of carbonyl (C=O) groups excluding carboxylic acids is 2. The molecule has 0 spiro atoms. The normalized spacial score (nSPS) is 23.3. The lowest BCUT2D eigenvalue weighted by Gasteiger charge is -2.29. The molecule has 2 unspecified atom stereocenters. The molecule has 154 valence electrons. The van der Waals surface area contributed by atoms with Crippen molar-refractivity contribution in [2.45, 2.75) is 50.6 Å². The zero-order valence-electron chi connectivity index (χ0n) is 16.6. The summed E-state index contributed by atoms with van der Waals surface area (Å²) in [7, 11) is 0. The van der Waals surface area contributed by atoms with Crippen LogP contribution in [0.1, 0.15) is 48.9 Å². The zero-order chi connectivity index (χ0) is 20.4. The van der Waals surface area contributed by atoms with Gasteiger partial charge in [-0.15, -0.1) is 0 Å². The van der Waals surface area contributed by atoms with Gasteiger partial charge < -0.3 is 16.2 Å². The minimum atomic E-state index is -0.340. The smallest absolute Gasteiger partial charge is 0.255 e. The molecule has 4 rings (SSSR count). The number of aromatic hydroxyl groups is 1. The van der Waals surface area contributed by atoms with Crippen LogP contribution in [0.15, 0.2) is 36.4 Å². The molecule has 29 heavy (non-hydrogen) atoms. The number of nitrogens with two attached hydrogens (primary N) is 1. The highest BCUT2D eigenvalue weighted by Crippen LogP contribution is 2.30. The fourth-order valence-corrected chi connectivity index (χ4v) is 4.91. The highest BCUT2D eigenvalue weighted by molar-refractivity contribution is 6.03. The van der Waals surface area contributed by atoms with Crippen LogP contribution in [0.25, 0.3) is 10.8 Å². The fourth-order valence-electron chi connectivity index (χ4n) is 4.91. The van der Waals surface area contributed by atoms with Crippen molar-refractivity contribution in [2.24, 2.45) is 11.7 Å². The molecule has 6 nitrogen and oxygen atoms in total. The molecule has 2 amide bonds. The summed E-state index contributed by atoms with van der Waals surface area (Å²) in [4.78, 5) is 27.0. The standard InChI is InChI=1S/C23H29N3O3/c24-22(28)20-12-17(14-26(20)13-15-6-2-1-3-7-15)25-23(29)19-11-10-16-8-4-5-9-18(16)21(19)27/h4-5,8-11,15,17,20,27H,1-3,6-7,12-14H2,(H2,24,28)(H,25,29). The predicted octanol–water partition coefficient (Wildman–Crippen LogP) is 2.78. The Hall–Kier alpha value is -2.60. The molecule has 1 saturated heterocycles. The number of carbonyl (C=O) groups is 2. The van der Waals surface area contributed by atoms with Gasteiger partial charge in [-0.2, -0.15) is 0 Å². The number of likely N-dealkylation sites (tertiary alicyclic amines) is 1. The second kappa shape index (κ2) is 8.41. The third-order valence-corrected chi connectivity index (χ3v) is 6.43. The Morgan fingerprint density at radius 2 is 1.86 bits per heavy atom. The van der Waals surface area contributed by atoms with Crippen molar-refractivity contribution < 1.29 is 14.7 Å². The van der Waals surface area contributed by atoms with Gasteiger partial charge in [0.15, 0.2) is 0 Å². The molecule has 4 N–H and O–H groups in total. The molecule has 0 aromatic heterocycles. The van der Waals surface area contributed by atoms with Crippen LogP contribution in [0.5, 0.6) is 5.75 Å². The van der Waals surface area contributed by atoms with Crippen LogP contribution in [0, 0.1) is 5.92 Å². The SMILES string of the molecule is NC(=O)C1CC(NC(=O)c2ccc3ccccc3c2O)CN1CC1CCCCC1. The first-order valence-corrected chi connectivity index (χ1v) is 10.6. The number of fused-ring (bicyclic) bond motifs is 1. The number of primary amides is 1. The predicted molar refractivity (Wildman–Crippen MR) is 113 cm³/mol. The molecule has 0 radical (unpaired) electrons. The van der Waals surface area contributed by atoms with E-state index >= 15 is 0 Å². The Balaban J connectivity index is 1.45. The number of nitrogens with one attached hydrogen (secondary N) is 1. The van der Waals surface area contributed by atoms with Crippen LogP contribution < -0.4 is 11.1 Å². The third-order valence-electron chi connectivity index (χ3n) is 6.43. The van der Waals surface area contributed by atoms with Crippen LogP contribution in [0.4, 0.5) is 0 Å². The quantitative estimate of drug-likeness (QED) is 0.725.